The van der Waals surface area contributed by atoms with Crippen LogP contribution in [-0.4, -0.2) is 53.5 Å². The van der Waals surface area contributed by atoms with E-state index in [2.05, 4.69) is 5.32 Å². The van der Waals surface area contributed by atoms with Crippen LogP contribution < -0.4 is 9.62 Å². The second kappa shape index (κ2) is 8.13. The van der Waals surface area contributed by atoms with Gasteiger partial charge >= 0.3 is 0 Å². The van der Waals surface area contributed by atoms with E-state index >= 15 is 0 Å². The molecule has 0 atom stereocenters. The molecule has 0 spiro atoms. The number of rotatable bonds is 7. The highest BCUT2D eigenvalue weighted by Crippen LogP contribution is 2.22. The van der Waals surface area contributed by atoms with E-state index in [4.69, 9.17) is 0 Å². The molecule has 2 rings (SSSR count). The number of hydrogen-bond acceptors (Lipinski definition) is 4. The largest absolute Gasteiger partial charge is 0.340 e. The maximum absolute atomic E-state index is 12.7. The van der Waals surface area contributed by atoms with Crippen LogP contribution in [0.25, 0.3) is 0 Å². The molecule has 7 heteroatoms. The predicted octanol–water partition coefficient (Wildman–Crippen LogP) is 1.80. The normalized spacial score (nSPS) is 11.2. The molecule has 134 valence electrons. The zero-order chi connectivity index (χ0) is 18.4. The van der Waals surface area contributed by atoms with E-state index in [0.29, 0.717) is 24.3 Å². The van der Waals surface area contributed by atoms with Gasteiger partial charge in [0.15, 0.2) is 0 Å². The van der Waals surface area contributed by atoms with Gasteiger partial charge in [-0.2, -0.15) is 0 Å². The summed E-state index contributed by atoms with van der Waals surface area (Å²) in [6.45, 7) is 1.27. The van der Waals surface area contributed by atoms with Crippen LogP contribution in [0.5, 0.6) is 0 Å². The summed E-state index contributed by atoms with van der Waals surface area (Å²) in [5, 5.41) is 2.98. The Hall–Kier alpha value is -2.38. The number of amides is 1. The van der Waals surface area contributed by atoms with Crippen LogP contribution in [-0.2, 0) is 10.0 Å². The smallest absolute Gasteiger partial charge is 0.264 e. The second-order valence-electron chi connectivity index (χ2n) is 5.66. The number of sulfonamides is 1. The third-order valence-corrected chi connectivity index (χ3v) is 5.72. The van der Waals surface area contributed by atoms with Gasteiger partial charge in [0.25, 0.3) is 15.9 Å². The summed E-state index contributed by atoms with van der Waals surface area (Å²) in [5.41, 5.74) is 1.04. The SMILES string of the molecule is CNCCN(C)C(=O)c1ccc(S(=O)(=O)N(C)c2ccccc2)cc1. The highest BCUT2D eigenvalue weighted by molar-refractivity contribution is 7.92. The molecule has 0 radical (unpaired) electrons. The van der Waals surface area contributed by atoms with E-state index in [1.165, 1.54) is 23.5 Å². The molecular weight excluding hydrogens is 338 g/mol. The highest BCUT2D eigenvalue weighted by atomic mass is 32.2. The topological polar surface area (TPSA) is 69.7 Å². The summed E-state index contributed by atoms with van der Waals surface area (Å²) < 4.78 is 26.6. The molecule has 0 heterocycles. The van der Waals surface area contributed by atoms with Gasteiger partial charge in [0.1, 0.15) is 0 Å². The number of hydrogen-bond donors (Lipinski definition) is 1. The molecule has 0 saturated heterocycles. The summed E-state index contributed by atoms with van der Waals surface area (Å²) in [6.07, 6.45) is 0. The van der Waals surface area contributed by atoms with Gasteiger partial charge in [0.2, 0.25) is 0 Å². The number of benzene rings is 2. The zero-order valence-electron chi connectivity index (χ0n) is 14.6. The van der Waals surface area contributed by atoms with E-state index in [1.807, 2.05) is 13.1 Å². The molecule has 1 amide bonds. The van der Waals surface area contributed by atoms with Crippen molar-refractivity contribution in [2.75, 3.05) is 38.5 Å². The summed E-state index contributed by atoms with van der Waals surface area (Å²) in [4.78, 5) is 14.0. The number of carbonyl (C=O) groups is 1. The Labute approximate surface area is 149 Å². The monoisotopic (exact) mass is 361 g/mol. The van der Waals surface area contributed by atoms with Crippen molar-refractivity contribution in [3.05, 3.63) is 60.2 Å². The van der Waals surface area contributed by atoms with Gasteiger partial charge in [-0.3, -0.25) is 9.10 Å². The van der Waals surface area contributed by atoms with Crippen LogP contribution in [0.15, 0.2) is 59.5 Å². The van der Waals surface area contributed by atoms with Crippen molar-refractivity contribution in [2.24, 2.45) is 0 Å². The Bertz CT molecular complexity index is 805. The molecule has 2 aromatic carbocycles. The van der Waals surface area contributed by atoms with Crippen molar-refractivity contribution in [1.29, 1.82) is 0 Å². The van der Waals surface area contributed by atoms with Crippen LogP contribution in [0.3, 0.4) is 0 Å². The minimum Gasteiger partial charge on any atom is -0.340 e. The van der Waals surface area contributed by atoms with Crippen molar-refractivity contribution in [3.63, 3.8) is 0 Å². The van der Waals surface area contributed by atoms with Crippen molar-refractivity contribution in [2.45, 2.75) is 4.90 Å². The summed E-state index contributed by atoms with van der Waals surface area (Å²) >= 11 is 0. The fourth-order valence-electron chi connectivity index (χ4n) is 2.31. The van der Waals surface area contributed by atoms with Gasteiger partial charge in [-0.1, -0.05) is 18.2 Å². The average Bonchev–Trinajstić information content (AvgIpc) is 2.65. The molecule has 0 fully saturated rings. The van der Waals surface area contributed by atoms with Crippen LogP contribution >= 0.6 is 0 Å². The minimum atomic E-state index is -3.67. The molecule has 0 saturated carbocycles. The molecule has 0 aliphatic heterocycles. The van der Waals surface area contributed by atoms with E-state index in [1.54, 1.807) is 48.3 Å². The lowest BCUT2D eigenvalue weighted by Gasteiger charge is -2.20. The van der Waals surface area contributed by atoms with Crippen LogP contribution in [0.1, 0.15) is 10.4 Å². The van der Waals surface area contributed by atoms with Gasteiger partial charge < -0.3 is 10.2 Å². The first-order chi connectivity index (χ1) is 11.9. The lowest BCUT2D eigenvalue weighted by Crippen LogP contribution is -2.32. The number of likely N-dealkylation sites (N-methyl/N-ethyl adjacent to an activating group) is 2. The number of anilines is 1. The Morgan fingerprint density at radius 1 is 1.00 bits per heavy atom. The first-order valence-corrected chi connectivity index (χ1v) is 9.36. The Kier molecular flexibility index (Phi) is 6.17. The van der Waals surface area contributed by atoms with Gasteiger partial charge in [0.05, 0.1) is 10.6 Å². The van der Waals surface area contributed by atoms with Crippen LogP contribution in [0.4, 0.5) is 5.69 Å². The fourth-order valence-corrected chi connectivity index (χ4v) is 3.50. The summed E-state index contributed by atoms with van der Waals surface area (Å²) in [5.74, 6) is -0.143. The van der Waals surface area contributed by atoms with Crippen LogP contribution in [0, 0.1) is 0 Å². The lowest BCUT2D eigenvalue weighted by atomic mass is 10.2. The van der Waals surface area contributed by atoms with Crippen molar-refractivity contribution in [3.8, 4) is 0 Å². The molecular formula is C18H23N3O3S. The minimum absolute atomic E-state index is 0.143. The Morgan fingerprint density at radius 3 is 2.16 bits per heavy atom. The highest BCUT2D eigenvalue weighted by Gasteiger charge is 2.21. The number of para-hydroxylation sites is 1. The molecule has 1 N–H and O–H groups in total. The molecule has 0 aromatic heterocycles. The molecule has 0 unspecified atom stereocenters. The van der Waals surface area contributed by atoms with E-state index in [9.17, 15) is 13.2 Å². The Balaban J connectivity index is 2.20. The van der Waals surface area contributed by atoms with Gasteiger partial charge in [-0.25, -0.2) is 8.42 Å². The first-order valence-electron chi connectivity index (χ1n) is 7.92. The van der Waals surface area contributed by atoms with Gasteiger partial charge in [-0.05, 0) is 43.4 Å². The first kappa shape index (κ1) is 19.0. The number of nitrogens with one attached hydrogen (secondary N) is 1. The lowest BCUT2D eigenvalue weighted by molar-refractivity contribution is 0.0796. The fraction of sp³-hybridized carbons (Fsp3) is 0.278. The molecule has 0 bridgehead atoms. The van der Waals surface area contributed by atoms with Crippen molar-refractivity contribution in [1.82, 2.24) is 10.2 Å². The molecule has 0 aliphatic rings. The number of nitrogens with zero attached hydrogens (tertiary/aromatic N) is 2. The molecule has 0 aliphatic carbocycles. The Morgan fingerprint density at radius 2 is 1.60 bits per heavy atom. The maximum Gasteiger partial charge on any atom is 0.264 e. The van der Waals surface area contributed by atoms with E-state index < -0.39 is 10.0 Å². The van der Waals surface area contributed by atoms with E-state index in [-0.39, 0.29) is 10.8 Å². The summed E-state index contributed by atoms with van der Waals surface area (Å²) in [6, 6.07) is 14.9. The second-order valence-corrected chi connectivity index (χ2v) is 7.63. The quantitative estimate of drug-likeness (QED) is 0.816. The molecule has 6 nitrogen and oxygen atoms in total. The third kappa shape index (κ3) is 4.37. The zero-order valence-corrected chi connectivity index (χ0v) is 15.5. The number of carbonyl (C=O) groups excluding carboxylic acids is 1. The average molecular weight is 361 g/mol. The third-order valence-electron chi connectivity index (χ3n) is 3.92. The maximum atomic E-state index is 12.7. The van der Waals surface area contributed by atoms with Gasteiger partial charge in [-0.15, -0.1) is 0 Å². The molecule has 25 heavy (non-hydrogen) atoms. The summed E-state index contributed by atoms with van der Waals surface area (Å²) in [7, 11) is 1.38. The van der Waals surface area contributed by atoms with E-state index in [0.717, 1.165) is 0 Å². The molecule has 2 aromatic rings. The predicted molar refractivity (Wildman–Crippen MR) is 99.4 cm³/mol. The van der Waals surface area contributed by atoms with Crippen molar-refractivity contribution < 1.29 is 13.2 Å². The van der Waals surface area contributed by atoms with Crippen molar-refractivity contribution >= 4 is 21.6 Å². The van der Waals surface area contributed by atoms with Gasteiger partial charge in [0, 0.05) is 32.7 Å². The van der Waals surface area contributed by atoms with Crippen LogP contribution in [0.2, 0.25) is 0 Å². The standard InChI is InChI=1S/C18H23N3O3S/c1-19-13-14-20(2)18(22)15-9-11-17(12-10-15)25(23,24)21(3)16-7-5-4-6-8-16/h4-12,19H,13-14H2,1-3H3.